The SMILES string of the molecule is CC\C=C/C=C\C=C/C=C\C=C\C=C/CCCCCC(=O)OCC(COC(=O)CCC/C=C\CCCCCC)OC(=O)CCCCCCCCC/C=C\C/C=C\CC. The van der Waals surface area contributed by atoms with Crippen LogP contribution in [0.1, 0.15) is 181 Å². The highest BCUT2D eigenvalue weighted by Gasteiger charge is 2.19. The molecule has 6 heteroatoms. The van der Waals surface area contributed by atoms with E-state index in [9.17, 15) is 14.4 Å². The highest BCUT2D eigenvalue weighted by molar-refractivity contribution is 5.71. The summed E-state index contributed by atoms with van der Waals surface area (Å²) in [5.41, 5.74) is 0. The zero-order valence-electron chi connectivity index (χ0n) is 37.0. The Morgan fingerprint density at radius 2 is 0.776 bits per heavy atom. The standard InChI is InChI=1S/C52H82O6/c1-4-7-10-13-16-19-21-23-25-26-27-29-30-33-36-39-42-45-51(54)57-48-49(47-56-50(53)44-41-38-35-32-18-15-12-9-6-3)58-52(55)46-43-40-37-34-31-28-24-22-20-17-14-11-8-5-2/h7-8,10-11,13,16-17,19-21,23,25-27,29-30,32,35,49H,4-6,9,12,14-15,18,22,24,28,31,33-34,36-48H2,1-3H3/b10-7-,11-8-,16-13-,20-17-,21-19-,25-23-,27-26+,30-29-,35-32-. The van der Waals surface area contributed by atoms with Gasteiger partial charge in [0.25, 0.3) is 0 Å². The summed E-state index contributed by atoms with van der Waals surface area (Å²) in [6, 6.07) is 0. The van der Waals surface area contributed by atoms with Gasteiger partial charge in [0.15, 0.2) is 6.10 Å². The average Bonchev–Trinajstić information content (AvgIpc) is 3.22. The minimum Gasteiger partial charge on any atom is -0.462 e. The lowest BCUT2D eigenvalue weighted by molar-refractivity contribution is -0.167. The van der Waals surface area contributed by atoms with Crippen molar-refractivity contribution in [2.75, 3.05) is 13.2 Å². The summed E-state index contributed by atoms with van der Waals surface area (Å²) in [6.45, 7) is 6.25. The average molecular weight is 803 g/mol. The second-order valence-corrected chi connectivity index (χ2v) is 14.7. The van der Waals surface area contributed by atoms with Gasteiger partial charge < -0.3 is 14.2 Å². The van der Waals surface area contributed by atoms with Crippen LogP contribution in [0.25, 0.3) is 0 Å². The van der Waals surface area contributed by atoms with Gasteiger partial charge in [-0.3, -0.25) is 14.4 Å². The van der Waals surface area contributed by atoms with Crippen LogP contribution in [0.4, 0.5) is 0 Å². The molecule has 0 aromatic rings. The van der Waals surface area contributed by atoms with Crippen molar-refractivity contribution >= 4 is 17.9 Å². The Bertz CT molecular complexity index is 1240. The van der Waals surface area contributed by atoms with Gasteiger partial charge in [0.2, 0.25) is 0 Å². The van der Waals surface area contributed by atoms with Crippen LogP contribution in [0, 0.1) is 0 Å². The van der Waals surface area contributed by atoms with E-state index < -0.39 is 6.10 Å². The molecule has 0 saturated heterocycles. The van der Waals surface area contributed by atoms with Crippen molar-refractivity contribution in [1.82, 2.24) is 0 Å². The first-order chi connectivity index (χ1) is 28.5. The number of unbranched alkanes of at least 4 members (excludes halogenated alkanes) is 15. The molecule has 1 unspecified atom stereocenters. The smallest absolute Gasteiger partial charge is 0.306 e. The first-order valence-corrected chi connectivity index (χ1v) is 23.0. The molecule has 0 amide bonds. The topological polar surface area (TPSA) is 78.9 Å². The molecule has 0 aromatic heterocycles. The predicted octanol–water partition coefficient (Wildman–Crippen LogP) is 14.8. The van der Waals surface area contributed by atoms with E-state index in [-0.39, 0.29) is 31.1 Å². The Morgan fingerprint density at radius 3 is 1.34 bits per heavy atom. The second-order valence-electron chi connectivity index (χ2n) is 14.7. The first kappa shape index (κ1) is 54.1. The Hall–Kier alpha value is -3.93. The monoisotopic (exact) mass is 803 g/mol. The molecular weight excluding hydrogens is 721 g/mol. The maximum Gasteiger partial charge on any atom is 0.306 e. The predicted molar refractivity (Wildman–Crippen MR) is 247 cm³/mol. The van der Waals surface area contributed by atoms with Crippen LogP contribution in [-0.2, 0) is 28.6 Å². The van der Waals surface area contributed by atoms with E-state index in [0.717, 1.165) is 83.5 Å². The molecule has 0 radical (unpaired) electrons. The molecule has 0 saturated carbocycles. The fraction of sp³-hybridized carbons (Fsp3) is 0.596. The van der Waals surface area contributed by atoms with Gasteiger partial charge in [0, 0.05) is 19.3 Å². The van der Waals surface area contributed by atoms with Crippen LogP contribution in [0.15, 0.2) is 109 Å². The molecule has 0 spiro atoms. The van der Waals surface area contributed by atoms with Crippen LogP contribution in [0.5, 0.6) is 0 Å². The second kappa shape index (κ2) is 45.8. The summed E-state index contributed by atoms with van der Waals surface area (Å²) in [6.07, 6.45) is 60.8. The number of hydrogen-bond acceptors (Lipinski definition) is 6. The van der Waals surface area contributed by atoms with E-state index in [0.29, 0.717) is 25.7 Å². The summed E-state index contributed by atoms with van der Waals surface area (Å²) in [7, 11) is 0. The van der Waals surface area contributed by atoms with E-state index in [1.165, 1.54) is 51.4 Å². The largest absolute Gasteiger partial charge is 0.462 e. The number of rotatable bonds is 39. The molecule has 0 aliphatic heterocycles. The van der Waals surface area contributed by atoms with E-state index in [4.69, 9.17) is 14.2 Å². The van der Waals surface area contributed by atoms with Gasteiger partial charge in [-0.15, -0.1) is 0 Å². The highest BCUT2D eigenvalue weighted by atomic mass is 16.6. The molecule has 58 heavy (non-hydrogen) atoms. The van der Waals surface area contributed by atoms with Crippen molar-refractivity contribution < 1.29 is 28.6 Å². The summed E-state index contributed by atoms with van der Waals surface area (Å²) < 4.78 is 16.6. The lowest BCUT2D eigenvalue weighted by atomic mass is 10.1. The molecule has 0 aliphatic carbocycles. The van der Waals surface area contributed by atoms with Crippen LogP contribution >= 0.6 is 0 Å². The minimum absolute atomic E-state index is 0.114. The molecule has 326 valence electrons. The number of ether oxygens (including phenoxy) is 3. The van der Waals surface area contributed by atoms with Crippen molar-refractivity contribution in [2.45, 2.75) is 187 Å². The Balaban J connectivity index is 4.51. The Labute approximate surface area is 355 Å². The van der Waals surface area contributed by atoms with Crippen molar-refractivity contribution in [1.29, 1.82) is 0 Å². The molecule has 0 fully saturated rings. The summed E-state index contributed by atoms with van der Waals surface area (Å²) in [4.78, 5) is 37.7. The fourth-order valence-corrected chi connectivity index (χ4v) is 5.75. The Kier molecular flexibility index (Phi) is 42.7. The minimum atomic E-state index is -0.811. The molecule has 0 aromatic carbocycles. The zero-order chi connectivity index (χ0) is 42.3. The lowest BCUT2D eigenvalue weighted by Gasteiger charge is -2.18. The molecule has 0 rings (SSSR count). The van der Waals surface area contributed by atoms with E-state index in [2.05, 4.69) is 69.4 Å². The maximum atomic E-state index is 12.7. The fourth-order valence-electron chi connectivity index (χ4n) is 5.75. The number of allylic oxidation sites excluding steroid dienone is 18. The summed E-state index contributed by atoms with van der Waals surface area (Å²) in [5.74, 6) is -1.01. The molecule has 6 nitrogen and oxygen atoms in total. The zero-order valence-corrected chi connectivity index (χ0v) is 37.0. The van der Waals surface area contributed by atoms with Gasteiger partial charge in [-0.2, -0.15) is 0 Å². The third-order valence-corrected chi connectivity index (χ3v) is 9.15. The quantitative estimate of drug-likeness (QED) is 0.0202. The van der Waals surface area contributed by atoms with E-state index in [1.54, 1.807) is 0 Å². The maximum absolute atomic E-state index is 12.7. The molecule has 0 aliphatic rings. The number of carbonyl (C=O) groups is 3. The van der Waals surface area contributed by atoms with Crippen LogP contribution in [0.3, 0.4) is 0 Å². The van der Waals surface area contributed by atoms with Gasteiger partial charge in [-0.1, -0.05) is 188 Å². The Morgan fingerprint density at radius 1 is 0.379 bits per heavy atom. The van der Waals surface area contributed by atoms with Gasteiger partial charge >= 0.3 is 17.9 Å². The number of esters is 3. The molecule has 0 bridgehead atoms. The molecule has 0 N–H and O–H groups in total. The first-order valence-electron chi connectivity index (χ1n) is 23.0. The van der Waals surface area contributed by atoms with Gasteiger partial charge in [0.05, 0.1) is 0 Å². The van der Waals surface area contributed by atoms with Crippen LogP contribution in [0.2, 0.25) is 0 Å². The normalized spacial score (nSPS) is 13.1. The van der Waals surface area contributed by atoms with E-state index in [1.807, 2.05) is 60.8 Å². The molecular formula is C52H82O6. The van der Waals surface area contributed by atoms with Crippen LogP contribution < -0.4 is 0 Å². The van der Waals surface area contributed by atoms with E-state index >= 15 is 0 Å². The van der Waals surface area contributed by atoms with Crippen molar-refractivity contribution in [3.05, 3.63) is 109 Å². The molecule has 0 heterocycles. The van der Waals surface area contributed by atoms with Crippen molar-refractivity contribution in [3.8, 4) is 0 Å². The third-order valence-electron chi connectivity index (χ3n) is 9.15. The van der Waals surface area contributed by atoms with Crippen molar-refractivity contribution in [3.63, 3.8) is 0 Å². The third kappa shape index (κ3) is 43.2. The highest BCUT2D eigenvalue weighted by Crippen LogP contribution is 2.12. The van der Waals surface area contributed by atoms with Gasteiger partial charge in [-0.05, 0) is 83.5 Å². The van der Waals surface area contributed by atoms with Gasteiger partial charge in [0.1, 0.15) is 13.2 Å². The number of hydrogen-bond donors (Lipinski definition) is 0. The summed E-state index contributed by atoms with van der Waals surface area (Å²) in [5, 5.41) is 0. The molecule has 1 atom stereocenters. The lowest BCUT2D eigenvalue weighted by Crippen LogP contribution is -2.30. The van der Waals surface area contributed by atoms with Crippen molar-refractivity contribution in [2.24, 2.45) is 0 Å². The van der Waals surface area contributed by atoms with Gasteiger partial charge in [-0.25, -0.2) is 0 Å². The van der Waals surface area contributed by atoms with Crippen LogP contribution in [-0.4, -0.2) is 37.2 Å². The summed E-state index contributed by atoms with van der Waals surface area (Å²) >= 11 is 0. The number of carbonyl (C=O) groups excluding carboxylic acids is 3.